The molecule has 104 valence electrons. The number of ether oxygens (including phenoxy) is 1. The van der Waals surface area contributed by atoms with Gasteiger partial charge in [0.2, 0.25) is 0 Å². The Morgan fingerprint density at radius 3 is 2.84 bits per heavy atom. The van der Waals surface area contributed by atoms with Gasteiger partial charge in [-0.1, -0.05) is 18.2 Å². The molecule has 1 fully saturated rings. The number of hydrogen-bond acceptors (Lipinski definition) is 3. The zero-order valence-electron chi connectivity index (χ0n) is 11.8. The number of fused-ring (bicyclic) bond motifs is 2. The lowest BCUT2D eigenvalue weighted by Gasteiger charge is -2.35. The number of nitrogens with one attached hydrogen (secondary N) is 1. The van der Waals surface area contributed by atoms with E-state index in [1.807, 2.05) is 0 Å². The van der Waals surface area contributed by atoms with E-state index in [1.54, 1.807) is 12.7 Å². The highest BCUT2D eigenvalue weighted by molar-refractivity contribution is 5.62. The molecule has 1 aromatic carbocycles. The number of nitrogens with zero attached hydrogens (tertiary/aromatic N) is 1. The normalized spacial score (nSPS) is 20.8. The number of hydrogen-bond donors (Lipinski definition) is 1. The molecule has 0 bridgehead atoms. The van der Waals surface area contributed by atoms with Gasteiger partial charge in [0.15, 0.2) is 0 Å². The van der Waals surface area contributed by atoms with E-state index in [0.29, 0.717) is 5.41 Å². The Morgan fingerprint density at radius 1 is 1.26 bits per heavy atom. The van der Waals surface area contributed by atoms with Crippen molar-refractivity contribution < 1.29 is 4.74 Å². The predicted octanol–water partition coefficient (Wildman–Crippen LogP) is 2.16. The molecule has 1 spiro atoms. The van der Waals surface area contributed by atoms with Gasteiger partial charge in [0.25, 0.3) is 0 Å². The second kappa shape index (κ2) is 5.51. The molecule has 1 N–H and O–H groups in total. The molecule has 0 aromatic heterocycles. The molecule has 0 radical (unpaired) electrons. The molecule has 0 saturated carbocycles. The van der Waals surface area contributed by atoms with E-state index in [-0.39, 0.29) is 0 Å². The third-order valence-corrected chi connectivity index (χ3v) is 4.65. The maximum atomic E-state index is 5.19. The van der Waals surface area contributed by atoms with Gasteiger partial charge < -0.3 is 15.0 Å². The Balaban J connectivity index is 1.82. The lowest BCUT2D eigenvalue weighted by Crippen LogP contribution is -2.43. The Morgan fingerprint density at radius 2 is 2.05 bits per heavy atom. The topological polar surface area (TPSA) is 24.5 Å². The summed E-state index contributed by atoms with van der Waals surface area (Å²) in [7, 11) is 1.78. The van der Waals surface area contributed by atoms with Gasteiger partial charge in [-0.2, -0.15) is 0 Å². The summed E-state index contributed by atoms with van der Waals surface area (Å²) in [5, 5.41) is 3.50. The molecule has 3 heteroatoms. The van der Waals surface area contributed by atoms with Crippen LogP contribution in [0.1, 0.15) is 24.8 Å². The van der Waals surface area contributed by atoms with Crippen molar-refractivity contribution in [3.63, 3.8) is 0 Å². The quantitative estimate of drug-likeness (QED) is 0.840. The molecule has 0 amide bonds. The number of rotatable bonds is 4. The van der Waals surface area contributed by atoms with Crippen LogP contribution in [-0.4, -0.2) is 39.9 Å². The number of para-hydroxylation sites is 1. The molecule has 1 aromatic rings. The van der Waals surface area contributed by atoms with Gasteiger partial charge in [0.05, 0.1) is 0 Å². The molecule has 0 atom stereocenters. The molecule has 0 unspecified atom stereocenters. The van der Waals surface area contributed by atoms with Crippen LogP contribution in [-0.2, 0) is 10.2 Å². The lowest BCUT2D eigenvalue weighted by atomic mass is 9.75. The Hall–Kier alpha value is -1.06. The molecule has 0 aliphatic carbocycles. The molecule has 2 heterocycles. The highest BCUT2D eigenvalue weighted by Gasteiger charge is 2.42. The van der Waals surface area contributed by atoms with E-state index in [2.05, 4.69) is 34.5 Å². The monoisotopic (exact) mass is 260 g/mol. The van der Waals surface area contributed by atoms with Gasteiger partial charge in [0, 0.05) is 37.9 Å². The fourth-order valence-electron chi connectivity index (χ4n) is 3.67. The van der Waals surface area contributed by atoms with Crippen LogP contribution in [0.4, 0.5) is 5.69 Å². The van der Waals surface area contributed by atoms with E-state index in [4.69, 9.17) is 4.74 Å². The van der Waals surface area contributed by atoms with Crippen LogP contribution in [0.5, 0.6) is 0 Å². The largest absolute Gasteiger partial charge is 0.385 e. The molecule has 3 nitrogen and oxygen atoms in total. The number of methoxy groups -OCH3 is 1. The zero-order valence-corrected chi connectivity index (χ0v) is 11.8. The lowest BCUT2D eigenvalue weighted by molar-refractivity contribution is 0.195. The van der Waals surface area contributed by atoms with Crippen molar-refractivity contribution >= 4 is 5.69 Å². The molecule has 19 heavy (non-hydrogen) atoms. The molecular formula is C16H24N2O. The minimum Gasteiger partial charge on any atom is -0.385 e. The van der Waals surface area contributed by atoms with Gasteiger partial charge in [-0.3, -0.25) is 0 Å². The van der Waals surface area contributed by atoms with Gasteiger partial charge in [-0.25, -0.2) is 0 Å². The van der Waals surface area contributed by atoms with Crippen LogP contribution < -0.4 is 10.2 Å². The minimum absolute atomic E-state index is 0.398. The third-order valence-electron chi connectivity index (χ3n) is 4.65. The van der Waals surface area contributed by atoms with Crippen molar-refractivity contribution in [2.45, 2.75) is 24.7 Å². The van der Waals surface area contributed by atoms with Crippen molar-refractivity contribution in [2.24, 2.45) is 0 Å². The van der Waals surface area contributed by atoms with Crippen molar-refractivity contribution in [3.05, 3.63) is 29.8 Å². The zero-order chi connectivity index (χ0) is 13.1. The molecule has 2 aliphatic rings. The first-order chi connectivity index (χ1) is 9.36. The van der Waals surface area contributed by atoms with E-state index >= 15 is 0 Å². The van der Waals surface area contributed by atoms with Crippen molar-refractivity contribution in [1.82, 2.24) is 5.32 Å². The molecule has 2 aliphatic heterocycles. The molecule has 1 saturated heterocycles. The molecular weight excluding hydrogens is 236 g/mol. The summed E-state index contributed by atoms with van der Waals surface area (Å²) in [6.45, 7) is 5.46. The smallest absolute Gasteiger partial charge is 0.0479 e. The van der Waals surface area contributed by atoms with Gasteiger partial charge in [-0.15, -0.1) is 0 Å². The molecule has 3 rings (SSSR count). The van der Waals surface area contributed by atoms with Gasteiger partial charge in [-0.05, 0) is 44.0 Å². The Bertz CT molecular complexity index is 427. The van der Waals surface area contributed by atoms with Gasteiger partial charge in [0.1, 0.15) is 0 Å². The average Bonchev–Trinajstić information content (AvgIpc) is 2.75. The summed E-state index contributed by atoms with van der Waals surface area (Å²) in [4.78, 5) is 2.57. The van der Waals surface area contributed by atoms with Crippen LogP contribution in [0.25, 0.3) is 0 Å². The summed E-state index contributed by atoms with van der Waals surface area (Å²) >= 11 is 0. The van der Waals surface area contributed by atoms with Crippen molar-refractivity contribution in [1.29, 1.82) is 0 Å². The maximum absolute atomic E-state index is 5.19. The van der Waals surface area contributed by atoms with E-state index < -0.39 is 0 Å². The summed E-state index contributed by atoms with van der Waals surface area (Å²) in [6.07, 6.45) is 3.65. The summed E-state index contributed by atoms with van der Waals surface area (Å²) < 4.78 is 5.19. The van der Waals surface area contributed by atoms with Crippen LogP contribution in [0.3, 0.4) is 0 Å². The van der Waals surface area contributed by atoms with E-state index in [1.165, 1.54) is 25.1 Å². The van der Waals surface area contributed by atoms with Crippen LogP contribution in [0.15, 0.2) is 24.3 Å². The Labute approximate surface area is 115 Å². The van der Waals surface area contributed by atoms with Crippen molar-refractivity contribution in [2.75, 3.05) is 44.8 Å². The van der Waals surface area contributed by atoms with Crippen LogP contribution in [0, 0.1) is 0 Å². The number of benzene rings is 1. The summed E-state index contributed by atoms with van der Waals surface area (Å²) in [5.41, 5.74) is 3.43. The van der Waals surface area contributed by atoms with E-state index in [0.717, 1.165) is 32.7 Å². The van der Waals surface area contributed by atoms with Gasteiger partial charge >= 0.3 is 0 Å². The minimum atomic E-state index is 0.398. The first-order valence-electron chi connectivity index (χ1n) is 7.40. The second-order valence-electron chi connectivity index (χ2n) is 5.82. The second-order valence-corrected chi connectivity index (χ2v) is 5.82. The maximum Gasteiger partial charge on any atom is 0.0479 e. The van der Waals surface area contributed by atoms with Crippen molar-refractivity contribution in [3.8, 4) is 0 Å². The fraction of sp³-hybridized carbons (Fsp3) is 0.625. The predicted molar refractivity (Wildman–Crippen MR) is 78.9 cm³/mol. The number of anilines is 1. The Kier molecular flexibility index (Phi) is 3.76. The van der Waals surface area contributed by atoms with Crippen LogP contribution >= 0.6 is 0 Å². The first-order valence-corrected chi connectivity index (χ1v) is 7.40. The highest BCUT2D eigenvalue weighted by atomic mass is 16.5. The fourth-order valence-corrected chi connectivity index (χ4v) is 3.67. The average molecular weight is 260 g/mol. The summed E-state index contributed by atoms with van der Waals surface area (Å²) in [6, 6.07) is 9.00. The summed E-state index contributed by atoms with van der Waals surface area (Å²) in [5.74, 6) is 0. The first kappa shape index (κ1) is 12.9. The highest BCUT2D eigenvalue weighted by Crippen LogP contribution is 2.45. The number of piperidine rings is 1. The standard InChI is InChI=1S/C16H24N2O/c1-19-12-4-11-18-13-16(7-9-17-10-8-16)14-5-2-3-6-15(14)18/h2-3,5-6,17H,4,7-13H2,1H3. The van der Waals surface area contributed by atoms with Crippen LogP contribution in [0.2, 0.25) is 0 Å². The third kappa shape index (κ3) is 2.37. The SMILES string of the molecule is COCCCN1CC2(CCNCC2)c2ccccc21. The van der Waals surface area contributed by atoms with E-state index in [9.17, 15) is 0 Å².